The molecular weight excluding hydrogens is 667 g/mol. The number of primary sulfonamides is 1. The van der Waals surface area contributed by atoms with E-state index in [0.29, 0.717) is 44.5 Å². The van der Waals surface area contributed by atoms with Gasteiger partial charge in [0.2, 0.25) is 20.0 Å². The predicted molar refractivity (Wildman–Crippen MR) is 190 cm³/mol. The molecule has 49 heavy (non-hydrogen) atoms. The number of carbonyl (C=O) groups is 2. The van der Waals surface area contributed by atoms with Gasteiger partial charge >= 0.3 is 0 Å². The molecule has 0 heterocycles. The van der Waals surface area contributed by atoms with E-state index in [1.165, 1.54) is 11.1 Å². The number of hydrogen-bond acceptors (Lipinski definition) is 8. The number of amides is 2. The maximum atomic E-state index is 13.8. The van der Waals surface area contributed by atoms with Crippen molar-refractivity contribution >= 4 is 31.9 Å². The van der Waals surface area contributed by atoms with Crippen LogP contribution in [0.2, 0.25) is 0 Å². The van der Waals surface area contributed by atoms with Crippen molar-refractivity contribution in [1.82, 2.24) is 20.1 Å². The highest BCUT2D eigenvalue weighted by molar-refractivity contribution is 7.89. The van der Waals surface area contributed by atoms with E-state index in [-0.39, 0.29) is 29.8 Å². The first-order chi connectivity index (χ1) is 23.3. The molecule has 0 aliphatic carbocycles. The van der Waals surface area contributed by atoms with Crippen molar-refractivity contribution in [3.8, 4) is 0 Å². The zero-order valence-electron chi connectivity index (χ0n) is 28.4. The van der Waals surface area contributed by atoms with Gasteiger partial charge in [0.25, 0.3) is 11.8 Å². The van der Waals surface area contributed by atoms with Gasteiger partial charge in [-0.1, -0.05) is 87.9 Å². The molecule has 0 spiro atoms. The van der Waals surface area contributed by atoms with Crippen LogP contribution in [0.4, 0.5) is 0 Å². The molecule has 3 rings (SSSR count). The van der Waals surface area contributed by atoms with E-state index in [0.717, 1.165) is 24.1 Å². The van der Waals surface area contributed by atoms with Crippen LogP contribution in [0, 0.1) is 0 Å². The summed E-state index contributed by atoms with van der Waals surface area (Å²) in [5.41, 5.74) is 1.27. The predicted octanol–water partition coefficient (Wildman–Crippen LogP) is 3.43. The van der Waals surface area contributed by atoms with E-state index in [1.54, 1.807) is 35.2 Å². The van der Waals surface area contributed by atoms with Crippen LogP contribution in [0.25, 0.3) is 0 Å². The Balaban J connectivity index is 1.93. The van der Waals surface area contributed by atoms with E-state index in [4.69, 9.17) is 5.14 Å². The van der Waals surface area contributed by atoms with Gasteiger partial charge in [-0.05, 0) is 55.0 Å². The maximum absolute atomic E-state index is 13.8. The Labute approximate surface area is 290 Å². The van der Waals surface area contributed by atoms with Crippen molar-refractivity contribution in [3.63, 3.8) is 0 Å². The summed E-state index contributed by atoms with van der Waals surface area (Å²) in [7, 11) is -8.13. The van der Waals surface area contributed by atoms with Crippen molar-refractivity contribution in [1.29, 1.82) is 0 Å². The number of hydrazine groups is 1. The lowest BCUT2D eigenvalue weighted by atomic mass is 10.00. The number of carbonyl (C=O) groups excluding carboxylic acids is 2. The molecule has 5 N–H and O–H groups in total. The van der Waals surface area contributed by atoms with Gasteiger partial charge in [0.15, 0.2) is 0 Å². The average Bonchev–Trinajstić information content (AvgIpc) is 3.06. The van der Waals surface area contributed by atoms with Crippen molar-refractivity contribution < 1.29 is 31.5 Å². The molecule has 0 radical (unpaired) electrons. The Morgan fingerprint density at radius 2 is 1.37 bits per heavy atom. The van der Waals surface area contributed by atoms with Crippen LogP contribution in [0.1, 0.15) is 78.3 Å². The van der Waals surface area contributed by atoms with Crippen molar-refractivity contribution in [3.05, 3.63) is 101 Å². The fourth-order valence-corrected chi connectivity index (χ4v) is 7.19. The monoisotopic (exact) mass is 715 g/mol. The minimum absolute atomic E-state index is 0.00250. The van der Waals surface area contributed by atoms with Crippen LogP contribution >= 0.6 is 0 Å². The number of nitrogens with two attached hydrogens (primary N) is 1. The molecule has 0 fully saturated rings. The lowest BCUT2D eigenvalue weighted by molar-refractivity contribution is 0.0614. The van der Waals surface area contributed by atoms with Crippen LogP contribution < -0.4 is 15.3 Å². The highest BCUT2D eigenvalue weighted by Gasteiger charge is 2.28. The number of aliphatic hydroxyl groups excluding tert-OH is 1. The van der Waals surface area contributed by atoms with E-state index in [1.807, 2.05) is 51.1 Å². The molecule has 2 atom stereocenters. The Bertz CT molecular complexity index is 1720. The number of rotatable bonds is 20. The first kappa shape index (κ1) is 39.8. The third-order valence-electron chi connectivity index (χ3n) is 7.75. The molecule has 3 aromatic carbocycles. The van der Waals surface area contributed by atoms with E-state index < -0.39 is 48.9 Å². The molecule has 268 valence electrons. The Kier molecular flexibility index (Phi) is 15.4. The van der Waals surface area contributed by atoms with Gasteiger partial charge in [-0.3, -0.25) is 9.59 Å². The summed E-state index contributed by atoms with van der Waals surface area (Å²) in [6.45, 7) is 6.85. The average molecular weight is 716 g/mol. The third-order valence-corrected chi connectivity index (χ3v) is 9.90. The molecule has 0 aliphatic heterocycles. The second-order valence-corrected chi connectivity index (χ2v) is 15.3. The molecule has 12 nitrogen and oxygen atoms in total. The minimum atomic E-state index is -4.30. The zero-order valence-corrected chi connectivity index (χ0v) is 30.0. The van der Waals surface area contributed by atoms with Crippen LogP contribution in [-0.4, -0.2) is 82.0 Å². The summed E-state index contributed by atoms with van der Waals surface area (Å²) >= 11 is 0. The molecule has 0 bridgehead atoms. The largest absolute Gasteiger partial charge is 0.390 e. The quantitative estimate of drug-likeness (QED) is 0.129. The number of benzene rings is 3. The first-order valence-electron chi connectivity index (χ1n) is 16.5. The molecule has 3 aromatic rings. The van der Waals surface area contributed by atoms with Gasteiger partial charge in [-0.15, -0.1) is 4.83 Å². The number of hydrogen-bond donors (Lipinski definition) is 4. The van der Waals surface area contributed by atoms with Crippen molar-refractivity contribution in [2.75, 3.05) is 26.2 Å². The minimum Gasteiger partial charge on any atom is -0.390 e. The van der Waals surface area contributed by atoms with Gasteiger partial charge in [0, 0.05) is 37.3 Å². The summed E-state index contributed by atoms with van der Waals surface area (Å²) in [5, 5.41) is 21.3. The van der Waals surface area contributed by atoms with Crippen LogP contribution in [0.15, 0.2) is 83.8 Å². The van der Waals surface area contributed by atoms with Crippen molar-refractivity contribution in [2.24, 2.45) is 5.14 Å². The van der Waals surface area contributed by atoms with Gasteiger partial charge in [0.05, 0.1) is 22.8 Å². The molecular formula is C35H49N5O7S2. The molecule has 0 aliphatic rings. The van der Waals surface area contributed by atoms with E-state index in [9.17, 15) is 31.5 Å². The van der Waals surface area contributed by atoms with Crippen molar-refractivity contribution in [2.45, 2.75) is 75.7 Å². The molecule has 2 unspecified atom stereocenters. The van der Waals surface area contributed by atoms with Crippen LogP contribution in [0.5, 0.6) is 0 Å². The molecule has 0 saturated heterocycles. The fraction of sp³-hybridized carbons (Fsp3) is 0.429. The van der Waals surface area contributed by atoms with Gasteiger partial charge < -0.3 is 15.3 Å². The lowest BCUT2D eigenvalue weighted by Crippen LogP contribution is -2.53. The topological polar surface area (TPSA) is 179 Å². The maximum Gasteiger partial charge on any atom is 0.253 e. The zero-order chi connectivity index (χ0) is 36.0. The summed E-state index contributed by atoms with van der Waals surface area (Å²) in [4.78, 5) is 31.0. The summed E-state index contributed by atoms with van der Waals surface area (Å²) < 4.78 is 51.1. The second-order valence-electron chi connectivity index (χ2n) is 12.1. The molecule has 0 aromatic heterocycles. The standard InChI is InChI=1S/C35H49N5O7S2/c1-4-7-20-40(38-48(44,45)26-28-16-12-9-13-17-28)25-33(41)32(21-27-14-10-8-11-15-27)37-34(42)29-22-30(24-31(23-29)49(36,46)47)35(43)39(18-5-2)19-6-3/h8-17,22-24,32-33,38,41H,4-7,18-21,25-26H2,1-3H3,(H,37,42)(H2,36,46,47). The Morgan fingerprint density at radius 1 is 0.796 bits per heavy atom. The highest BCUT2D eigenvalue weighted by Crippen LogP contribution is 2.18. The number of sulfonamides is 2. The number of nitrogens with zero attached hydrogens (tertiary/aromatic N) is 2. The SMILES string of the molecule is CCCCN(CC(O)C(Cc1ccccc1)NC(=O)c1cc(C(=O)N(CCC)CCC)cc(S(N)(=O)=O)c1)NS(=O)(=O)Cc1ccccc1. The van der Waals surface area contributed by atoms with Gasteiger partial charge in [-0.2, -0.15) is 0 Å². The normalized spacial score (nSPS) is 13.2. The Morgan fingerprint density at radius 3 is 1.92 bits per heavy atom. The smallest absolute Gasteiger partial charge is 0.253 e. The molecule has 2 amide bonds. The second kappa shape index (κ2) is 18.9. The molecule has 14 heteroatoms. The lowest BCUT2D eigenvalue weighted by Gasteiger charge is -2.30. The summed E-state index contributed by atoms with van der Waals surface area (Å²) in [6, 6.07) is 20.5. The van der Waals surface area contributed by atoms with Gasteiger partial charge in [-0.25, -0.2) is 27.0 Å². The fourth-order valence-electron chi connectivity index (χ4n) is 5.36. The highest BCUT2D eigenvalue weighted by atomic mass is 32.2. The molecule has 0 saturated carbocycles. The summed E-state index contributed by atoms with van der Waals surface area (Å²) in [6.07, 6.45) is 1.68. The third kappa shape index (κ3) is 13.0. The number of nitrogens with one attached hydrogen (secondary N) is 2. The number of aliphatic hydroxyl groups is 1. The van der Waals surface area contributed by atoms with E-state index >= 15 is 0 Å². The van der Waals surface area contributed by atoms with Crippen LogP contribution in [-0.2, 0) is 32.2 Å². The number of unbranched alkanes of at least 4 members (excludes halogenated alkanes) is 1. The van der Waals surface area contributed by atoms with Crippen LogP contribution in [0.3, 0.4) is 0 Å². The first-order valence-corrected chi connectivity index (χ1v) is 19.7. The summed E-state index contributed by atoms with van der Waals surface area (Å²) in [5.74, 6) is -1.42. The van der Waals surface area contributed by atoms with E-state index in [2.05, 4.69) is 10.1 Å². The Hall–Kier alpha value is -3.66. The van der Waals surface area contributed by atoms with Gasteiger partial charge in [0.1, 0.15) is 0 Å².